The van der Waals surface area contributed by atoms with E-state index in [1.165, 1.54) is 12.8 Å². The zero-order chi connectivity index (χ0) is 13.9. The van der Waals surface area contributed by atoms with Crippen LogP contribution in [0.2, 0.25) is 0 Å². The zero-order valence-electron chi connectivity index (χ0n) is 11.9. The number of anilines is 1. The molecule has 4 heteroatoms. The van der Waals surface area contributed by atoms with Gasteiger partial charge >= 0.3 is 0 Å². The Bertz CT molecular complexity index is 608. The quantitative estimate of drug-likeness (QED) is 0.903. The van der Waals surface area contributed by atoms with Crippen molar-refractivity contribution in [2.45, 2.75) is 25.7 Å². The molecule has 2 aromatic rings. The molecule has 4 nitrogen and oxygen atoms in total. The molecule has 0 atom stereocenters. The lowest BCUT2D eigenvalue weighted by Crippen LogP contribution is -2.04. The number of para-hydroxylation sites is 1. The van der Waals surface area contributed by atoms with Crippen molar-refractivity contribution in [1.82, 2.24) is 9.97 Å². The Morgan fingerprint density at radius 1 is 1.25 bits per heavy atom. The summed E-state index contributed by atoms with van der Waals surface area (Å²) in [6.45, 7) is 2.92. The molecule has 3 rings (SSSR count). The van der Waals surface area contributed by atoms with Gasteiger partial charge in [0.25, 0.3) is 0 Å². The molecule has 1 aliphatic rings. The maximum Gasteiger partial charge on any atom is 0.134 e. The Hall–Kier alpha value is -2.10. The predicted octanol–water partition coefficient (Wildman–Crippen LogP) is 3.46. The highest BCUT2D eigenvalue weighted by molar-refractivity contribution is 5.69. The summed E-state index contributed by atoms with van der Waals surface area (Å²) < 4.78 is 5.43. The van der Waals surface area contributed by atoms with Gasteiger partial charge in [0.05, 0.1) is 12.8 Å². The molecule has 20 heavy (non-hydrogen) atoms. The van der Waals surface area contributed by atoms with Crippen LogP contribution in [-0.2, 0) is 0 Å². The number of hydrogen-bond acceptors (Lipinski definition) is 4. The zero-order valence-corrected chi connectivity index (χ0v) is 11.9. The second-order valence-corrected chi connectivity index (χ2v) is 5.00. The van der Waals surface area contributed by atoms with Crippen molar-refractivity contribution in [3.63, 3.8) is 0 Å². The highest BCUT2D eigenvalue weighted by Gasteiger charge is 2.27. The minimum atomic E-state index is 0.530. The third kappa shape index (κ3) is 2.59. The maximum atomic E-state index is 5.43. The molecule has 1 heterocycles. The number of hydrogen-bond donors (Lipinski definition) is 1. The van der Waals surface area contributed by atoms with Crippen LogP contribution in [0.5, 0.6) is 5.75 Å². The first-order chi connectivity index (χ1) is 9.81. The summed E-state index contributed by atoms with van der Waals surface area (Å²) in [6, 6.07) is 9.96. The first-order valence-electron chi connectivity index (χ1n) is 7.08. The topological polar surface area (TPSA) is 47.0 Å². The van der Waals surface area contributed by atoms with Gasteiger partial charge < -0.3 is 10.1 Å². The smallest absolute Gasteiger partial charge is 0.134 e. The number of aromatic nitrogens is 2. The Labute approximate surface area is 119 Å². The van der Waals surface area contributed by atoms with Crippen molar-refractivity contribution >= 4 is 5.82 Å². The van der Waals surface area contributed by atoms with E-state index in [-0.39, 0.29) is 0 Å². The summed E-state index contributed by atoms with van der Waals surface area (Å²) in [5, 5.41) is 3.29. The van der Waals surface area contributed by atoms with E-state index >= 15 is 0 Å². The molecule has 0 saturated heterocycles. The number of ether oxygens (including phenoxy) is 1. The van der Waals surface area contributed by atoms with Gasteiger partial charge in [0.1, 0.15) is 17.4 Å². The molecule has 0 bridgehead atoms. The van der Waals surface area contributed by atoms with Crippen molar-refractivity contribution < 1.29 is 4.74 Å². The average molecular weight is 269 g/mol. The maximum absolute atomic E-state index is 5.43. The van der Waals surface area contributed by atoms with Gasteiger partial charge in [-0.15, -0.1) is 0 Å². The van der Waals surface area contributed by atoms with Crippen molar-refractivity contribution in [2.75, 3.05) is 19.0 Å². The minimum absolute atomic E-state index is 0.530. The Morgan fingerprint density at radius 3 is 2.75 bits per heavy atom. The highest BCUT2D eigenvalue weighted by atomic mass is 16.5. The third-order valence-electron chi connectivity index (χ3n) is 3.43. The predicted molar refractivity (Wildman–Crippen MR) is 80.2 cm³/mol. The molecule has 1 aliphatic carbocycles. The monoisotopic (exact) mass is 269 g/mol. The van der Waals surface area contributed by atoms with Crippen molar-refractivity contribution in [2.24, 2.45) is 0 Å². The summed E-state index contributed by atoms with van der Waals surface area (Å²) >= 11 is 0. The first-order valence-corrected chi connectivity index (χ1v) is 7.08. The molecule has 0 radical (unpaired) electrons. The van der Waals surface area contributed by atoms with Crippen LogP contribution in [0.4, 0.5) is 5.82 Å². The van der Waals surface area contributed by atoms with E-state index in [1.54, 1.807) is 7.11 Å². The van der Waals surface area contributed by atoms with E-state index in [4.69, 9.17) is 9.72 Å². The fraction of sp³-hybridized carbons (Fsp3) is 0.375. The molecule has 0 aliphatic heterocycles. The van der Waals surface area contributed by atoms with E-state index in [2.05, 4.69) is 17.2 Å². The van der Waals surface area contributed by atoms with E-state index < -0.39 is 0 Å². The summed E-state index contributed by atoms with van der Waals surface area (Å²) in [5.74, 6) is 3.21. The molecule has 1 N–H and O–H groups in total. The number of nitrogens with one attached hydrogen (secondary N) is 1. The van der Waals surface area contributed by atoms with E-state index in [0.29, 0.717) is 5.92 Å². The summed E-state index contributed by atoms with van der Waals surface area (Å²) in [5.41, 5.74) is 1.94. The van der Waals surface area contributed by atoms with Gasteiger partial charge in [-0.25, -0.2) is 9.97 Å². The molecule has 0 unspecified atom stereocenters. The van der Waals surface area contributed by atoms with Crippen molar-refractivity contribution in [1.29, 1.82) is 0 Å². The normalized spacial score (nSPS) is 14.1. The van der Waals surface area contributed by atoms with Crippen LogP contribution < -0.4 is 10.1 Å². The van der Waals surface area contributed by atoms with E-state index in [1.807, 2.05) is 30.3 Å². The van der Waals surface area contributed by atoms with Gasteiger partial charge in [-0.05, 0) is 31.9 Å². The SMILES string of the molecule is CCNc1cc(-c2ccccc2OC)nc(C2CC2)n1. The standard InChI is InChI=1S/C16H19N3O/c1-3-17-15-10-13(18-16(19-15)11-8-9-11)12-6-4-5-7-14(12)20-2/h4-7,10-11H,3,8-9H2,1-2H3,(H,17,18,19). The van der Waals surface area contributed by atoms with Crippen LogP contribution in [0, 0.1) is 0 Å². The van der Waals surface area contributed by atoms with Gasteiger partial charge in [0, 0.05) is 24.1 Å². The van der Waals surface area contributed by atoms with Crippen molar-refractivity contribution in [3.05, 3.63) is 36.2 Å². The Kier molecular flexibility index (Phi) is 3.54. The Balaban J connectivity index is 2.07. The summed E-state index contributed by atoms with van der Waals surface area (Å²) in [4.78, 5) is 9.33. The van der Waals surface area contributed by atoms with Gasteiger partial charge in [-0.2, -0.15) is 0 Å². The second-order valence-electron chi connectivity index (χ2n) is 5.00. The van der Waals surface area contributed by atoms with Crippen LogP contribution >= 0.6 is 0 Å². The second kappa shape index (κ2) is 5.49. The van der Waals surface area contributed by atoms with E-state index in [9.17, 15) is 0 Å². The van der Waals surface area contributed by atoms with Gasteiger partial charge in [0.15, 0.2) is 0 Å². The van der Waals surface area contributed by atoms with Gasteiger partial charge in [0.2, 0.25) is 0 Å². The average Bonchev–Trinajstić information content (AvgIpc) is 3.32. The lowest BCUT2D eigenvalue weighted by molar-refractivity contribution is 0.416. The third-order valence-corrected chi connectivity index (χ3v) is 3.43. The number of nitrogens with zero attached hydrogens (tertiary/aromatic N) is 2. The number of benzene rings is 1. The van der Waals surface area contributed by atoms with E-state index in [0.717, 1.165) is 35.2 Å². The fourth-order valence-electron chi connectivity index (χ4n) is 2.26. The van der Waals surface area contributed by atoms with Crippen LogP contribution in [0.1, 0.15) is 31.5 Å². The van der Waals surface area contributed by atoms with Crippen LogP contribution in [0.3, 0.4) is 0 Å². The molecule has 1 aromatic heterocycles. The minimum Gasteiger partial charge on any atom is -0.496 e. The molecule has 1 aromatic carbocycles. The highest BCUT2D eigenvalue weighted by Crippen LogP contribution is 2.40. The van der Waals surface area contributed by atoms with Gasteiger partial charge in [-0.1, -0.05) is 12.1 Å². The molecular formula is C16H19N3O. The largest absolute Gasteiger partial charge is 0.496 e. The number of methoxy groups -OCH3 is 1. The molecule has 1 saturated carbocycles. The molecule has 0 amide bonds. The molecule has 1 fully saturated rings. The molecule has 0 spiro atoms. The van der Waals surface area contributed by atoms with Crippen LogP contribution in [0.15, 0.2) is 30.3 Å². The first kappa shape index (κ1) is 12.9. The summed E-state index contributed by atoms with van der Waals surface area (Å²) in [6.07, 6.45) is 2.39. The lowest BCUT2D eigenvalue weighted by atomic mass is 10.1. The van der Waals surface area contributed by atoms with Crippen LogP contribution in [-0.4, -0.2) is 23.6 Å². The van der Waals surface area contributed by atoms with Crippen molar-refractivity contribution in [3.8, 4) is 17.0 Å². The Morgan fingerprint density at radius 2 is 2.05 bits per heavy atom. The van der Waals surface area contributed by atoms with Crippen LogP contribution in [0.25, 0.3) is 11.3 Å². The number of rotatable bonds is 5. The lowest BCUT2D eigenvalue weighted by Gasteiger charge is -2.11. The molecule has 104 valence electrons. The van der Waals surface area contributed by atoms with Gasteiger partial charge in [-0.3, -0.25) is 0 Å². The fourth-order valence-corrected chi connectivity index (χ4v) is 2.26. The molecular weight excluding hydrogens is 250 g/mol. The summed E-state index contributed by atoms with van der Waals surface area (Å²) in [7, 11) is 1.69.